The number of anilines is 1. The van der Waals surface area contributed by atoms with Crippen molar-refractivity contribution in [3.05, 3.63) is 48.2 Å². The Morgan fingerprint density at radius 1 is 1.20 bits per heavy atom. The van der Waals surface area contributed by atoms with Crippen LogP contribution in [0.2, 0.25) is 0 Å². The molecule has 1 amide bonds. The van der Waals surface area contributed by atoms with Crippen LogP contribution in [0.4, 0.5) is 10.5 Å². The second-order valence-electron chi connectivity index (χ2n) is 8.25. The number of nitrogens with one attached hydrogen (secondary N) is 1. The molecular weight excluding hydrogens is 456 g/mol. The Morgan fingerprint density at radius 2 is 2.03 bits per heavy atom. The second kappa shape index (κ2) is 9.90. The Hall–Kier alpha value is -3.67. The number of aliphatic hydroxyl groups is 2. The van der Waals surface area contributed by atoms with Crippen molar-refractivity contribution >= 4 is 22.8 Å². The number of ether oxygens (including phenoxy) is 4. The third-order valence-electron chi connectivity index (χ3n) is 5.89. The first-order valence-electron chi connectivity index (χ1n) is 11.3. The molecule has 11 nitrogen and oxygen atoms in total. The molecule has 1 aromatic heterocycles. The smallest absolute Gasteiger partial charge is 0.414 e. The normalized spacial score (nSPS) is 18.9. The molecule has 0 radical (unpaired) electrons. The summed E-state index contributed by atoms with van der Waals surface area (Å²) in [6.45, 7) is 1.28. The maximum Gasteiger partial charge on any atom is 0.414 e. The number of rotatable bonds is 8. The number of methoxy groups -OCH3 is 1. The number of para-hydroxylation sites is 1. The minimum absolute atomic E-state index is 0.0612. The van der Waals surface area contributed by atoms with Crippen molar-refractivity contribution in [2.45, 2.75) is 24.9 Å². The van der Waals surface area contributed by atoms with Gasteiger partial charge < -0.3 is 29.2 Å². The summed E-state index contributed by atoms with van der Waals surface area (Å²) in [7, 11) is 1.50. The van der Waals surface area contributed by atoms with E-state index in [0.29, 0.717) is 52.9 Å². The summed E-state index contributed by atoms with van der Waals surface area (Å²) < 4.78 is 21.7. The Morgan fingerprint density at radius 3 is 2.86 bits per heavy atom. The van der Waals surface area contributed by atoms with Crippen molar-refractivity contribution in [3.8, 4) is 17.4 Å². The number of carbonyl (C=O) groups excluding carboxylic acids is 1. The molecular formula is C24H26N4O7. The number of hydrogen-bond acceptors (Lipinski definition) is 10. The molecule has 3 heterocycles. The summed E-state index contributed by atoms with van der Waals surface area (Å²) in [5.74, 6) is 1.56. The average molecular weight is 482 g/mol. The third kappa shape index (κ3) is 4.92. The number of aliphatic hydroxyl groups excluding tert-OH is 2. The van der Waals surface area contributed by atoms with E-state index in [-0.39, 0.29) is 19.5 Å². The molecule has 2 aromatic carbocycles. The summed E-state index contributed by atoms with van der Waals surface area (Å²) in [4.78, 5) is 22.6. The first-order chi connectivity index (χ1) is 17.0. The van der Waals surface area contributed by atoms with E-state index >= 15 is 0 Å². The van der Waals surface area contributed by atoms with E-state index in [1.807, 2.05) is 0 Å². The topological polar surface area (TPSA) is 136 Å². The number of aromatic nitrogens is 2. The Bertz CT molecular complexity index is 1220. The quantitative estimate of drug-likeness (QED) is 0.408. The van der Waals surface area contributed by atoms with E-state index in [4.69, 9.17) is 18.9 Å². The van der Waals surface area contributed by atoms with Crippen molar-refractivity contribution in [1.29, 1.82) is 0 Å². The van der Waals surface area contributed by atoms with Gasteiger partial charge in [-0.3, -0.25) is 10.2 Å². The maximum absolute atomic E-state index is 12.4. The predicted octanol–water partition coefficient (Wildman–Crippen LogP) is 1.77. The predicted molar refractivity (Wildman–Crippen MR) is 125 cm³/mol. The van der Waals surface area contributed by atoms with Crippen LogP contribution in [0.15, 0.2) is 42.6 Å². The van der Waals surface area contributed by atoms with Crippen LogP contribution in [0.3, 0.4) is 0 Å². The number of hydrogen-bond donors (Lipinski definition) is 3. The number of carbonyl (C=O) groups is 1. The van der Waals surface area contributed by atoms with Crippen molar-refractivity contribution in [2.75, 3.05) is 38.3 Å². The van der Waals surface area contributed by atoms with Gasteiger partial charge in [-0.2, -0.15) is 0 Å². The summed E-state index contributed by atoms with van der Waals surface area (Å²) >= 11 is 0. The van der Waals surface area contributed by atoms with Crippen LogP contribution in [0.1, 0.15) is 18.1 Å². The summed E-state index contributed by atoms with van der Waals surface area (Å²) in [5.41, 5.74) is 2.34. The van der Waals surface area contributed by atoms with Gasteiger partial charge in [0, 0.05) is 24.6 Å². The standard InChI is InChI=1S/C24H26N4O7/c1-32-22-12-25-17-4-2-3-16(23(17)27-22)18(29)11-26-21(30)10-15-13-28(24(31)35-15)14-5-6-19-20(9-14)34-8-7-33-19/h2-6,9,12,15,18,21,26,29-30H,7-8,10-11,13H2,1H3/t15-,18?,21+/m1/s1. The molecule has 2 aliphatic rings. The van der Waals surface area contributed by atoms with Crippen LogP contribution in [-0.2, 0) is 4.74 Å². The van der Waals surface area contributed by atoms with Crippen molar-refractivity contribution in [3.63, 3.8) is 0 Å². The largest absolute Gasteiger partial charge is 0.486 e. The fraction of sp³-hybridized carbons (Fsp3) is 0.375. The highest BCUT2D eigenvalue weighted by molar-refractivity contribution is 5.90. The fourth-order valence-corrected chi connectivity index (χ4v) is 4.15. The first-order valence-corrected chi connectivity index (χ1v) is 11.3. The van der Waals surface area contributed by atoms with Crippen LogP contribution in [0.5, 0.6) is 17.4 Å². The highest BCUT2D eigenvalue weighted by Crippen LogP contribution is 2.35. The highest BCUT2D eigenvalue weighted by atomic mass is 16.6. The van der Waals surface area contributed by atoms with Gasteiger partial charge in [-0.1, -0.05) is 12.1 Å². The van der Waals surface area contributed by atoms with E-state index in [1.54, 1.807) is 36.4 Å². The second-order valence-corrected chi connectivity index (χ2v) is 8.25. The van der Waals surface area contributed by atoms with E-state index < -0.39 is 24.5 Å². The first kappa shape index (κ1) is 23.1. The molecule has 3 N–H and O–H groups in total. The summed E-state index contributed by atoms with van der Waals surface area (Å²) in [6.07, 6.45) is -1.31. The van der Waals surface area contributed by atoms with Crippen LogP contribution in [0, 0.1) is 0 Å². The lowest BCUT2D eigenvalue weighted by Crippen LogP contribution is -2.36. The van der Waals surface area contributed by atoms with Crippen molar-refractivity contribution in [2.24, 2.45) is 0 Å². The number of fused-ring (bicyclic) bond motifs is 2. The lowest BCUT2D eigenvalue weighted by atomic mass is 10.1. The maximum atomic E-state index is 12.4. The van der Waals surface area contributed by atoms with E-state index in [2.05, 4.69) is 15.3 Å². The zero-order valence-corrected chi connectivity index (χ0v) is 19.1. The van der Waals surface area contributed by atoms with E-state index in [9.17, 15) is 15.0 Å². The molecule has 11 heteroatoms. The Labute approximate surface area is 201 Å². The molecule has 0 bridgehead atoms. The molecule has 35 heavy (non-hydrogen) atoms. The SMILES string of the molecule is COc1cnc2cccc(C(O)CN[C@@H](O)C[C@@H]3CN(c4ccc5c(c4)OCCO5)C(=O)O3)c2n1. The molecule has 1 saturated heterocycles. The molecule has 1 unspecified atom stereocenters. The summed E-state index contributed by atoms with van der Waals surface area (Å²) in [5, 5.41) is 24.1. The molecule has 3 atom stereocenters. The van der Waals surface area contributed by atoms with Crippen LogP contribution < -0.4 is 24.4 Å². The van der Waals surface area contributed by atoms with Gasteiger partial charge in [0.25, 0.3) is 0 Å². The molecule has 5 rings (SSSR count). The lowest BCUT2D eigenvalue weighted by molar-refractivity contribution is 0.0545. The monoisotopic (exact) mass is 482 g/mol. The van der Waals surface area contributed by atoms with Gasteiger partial charge in [-0.15, -0.1) is 0 Å². The van der Waals surface area contributed by atoms with Gasteiger partial charge in [0.2, 0.25) is 5.88 Å². The van der Waals surface area contributed by atoms with E-state index in [0.717, 1.165) is 0 Å². The van der Waals surface area contributed by atoms with Crippen LogP contribution in [0.25, 0.3) is 11.0 Å². The molecule has 1 fully saturated rings. The Kier molecular flexibility index (Phi) is 6.53. The molecule has 0 spiro atoms. The zero-order valence-electron chi connectivity index (χ0n) is 19.1. The van der Waals surface area contributed by atoms with Gasteiger partial charge in [0.05, 0.1) is 42.7 Å². The fourth-order valence-electron chi connectivity index (χ4n) is 4.15. The van der Waals surface area contributed by atoms with Crippen molar-refractivity contribution < 1.29 is 34.0 Å². The van der Waals surface area contributed by atoms with Gasteiger partial charge in [-0.05, 0) is 18.2 Å². The number of benzene rings is 2. The summed E-state index contributed by atoms with van der Waals surface area (Å²) in [6, 6.07) is 10.6. The van der Waals surface area contributed by atoms with Crippen LogP contribution in [-0.4, -0.2) is 72.0 Å². The molecule has 3 aromatic rings. The number of amides is 1. The molecule has 2 aliphatic heterocycles. The number of nitrogens with zero attached hydrogens (tertiary/aromatic N) is 3. The van der Waals surface area contributed by atoms with Gasteiger partial charge in [0.1, 0.15) is 25.5 Å². The minimum Gasteiger partial charge on any atom is -0.486 e. The highest BCUT2D eigenvalue weighted by Gasteiger charge is 2.34. The van der Waals surface area contributed by atoms with Gasteiger partial charge >= 0.3 is 6.09 Å². The lowest BCUT2D eigenvalue weighted by Gasteiger charge is -2.21. The van der Waals surface area contributed by atoms with E-state index in [1.165, 1.54) is 18.2 Å². The Balaban J connectivity index is 1.18. The molecule has 0 saturated carbocycles. The van der Waals surface area contributed by atoms with Gasteiger partial charge in [-0.25, -0.2) is 14.8 Å². The average Bonchev–Trinajstić information content (AvgIpc) is 3.25. The third-order valence-corrected chi connectivity index (χ3v) is 5.89. The molecule has 0 aliphatic carbocycles. The molecule has 184 valence electrons. The van der Waals surface area contributed by atoms with Crippen LogP contribution >= 0.6 is 0 Å². The minimum atomic E-state index is -1.00. The number of cyclic esters (lactones) is 1. The van der Waals surface area contributed by atoms with Crippen molar-refractivity contribution in [1.82, 2.24) is 15.3 Å². The van der Waals surface area contributed by atoms with Gasteiger partial charge in [0.15, 0.2) is 11.5 Å². The zero-order chi connectivity index (χ0) is 24.4.